The molecule has 0 amide bonds. The highest BCUT2D eigenvalue weighted by Gasteiger charge is 2.38. The fourth-order valence-electron chi connectivity index (χ4n) is 3.07. The lowest BCUT2D eigenvalue weighted by atomic mass is 10.1. The summed E-state index contributed by atoms with van der Waals surface area (Å²) < 4.78 is 0. The van der Waals surface area contributed by atoms with Crippen LogP contribution in [0.5, 0.6) is 0 Å². The van der Waals surface area contributed by atoms with Gasteiger partial charge in [0.25, 0.3) is 0 Å². The van der Waals surface area contributed by atoms with Gasteiger partial charge < -0.3 is 11.1 Å². The van der Waals surface area contributed by atoms with Gasteiger partial charge in [-0.15, -0.1) is 24.8 Å². The molecule has 6 heteroatoms. The molecule has 2 aromatic carbocycles. The molecule has 1 aliphatic carbocycles. The Morgan fingerprint density at radius 1 is 0.960 bits per heavy atom. The molecule has 0 saturated heterocycles. The Hall–Kier alpha value is -1.88. The Bertz CT molecular complexity index is 826. The van der Waals surface area contributed by atoms with Gasteiger partial charge in [0.05, 0.1) is 5.52 Å². The van der Waals surface area contributed by atoms with Crippen molar-refractivity contribution in [1.82, 2.24) is 9.97 Å². The second-order valence-electron chi connectivity index (χ2n) is 6.05. The Morgan fingerprint density at radius 2 is 1.68 bits per heavy atom. The fourth-order valence-corrected chi connectivity index (χ4v) is 3.07. The molecule has 0 spiro atoms. The van der Waals surface area contributed by atoms with Crippen molar-refractivity contribution in [2.45, 2.75) is 24.8 Å². The average Bonchev–Trinajstić information content (AvgIpc) is 3.35. The monoisotopic (exact) mass is 376 g/mol. The van der Waals surface area contributed by atoms with E-state index in [0.29, 0.717) is 24.9 Å². The summed E-state index contributed by atoms with van der Waals surface area (Å²) in [6.07, 6.45) is 1.85. The summed E-state index contributed by atoms with van der Waals surface area (Å²) in [7, 11) is 0. The minimum Gasteiger partial charge on any atom is -0.366 e. The molecule has 4 rings (SSSR count). The quantitative estimate of drug-likeness (QED) is 0.707. The lowest BCUT2D eigenvalue weighted by molar-refractivity contribution is 0.876. The first-order chi connectivity index (χ1) is 11.3. The van der Waals surface area contributed by atoms with Crippen LogP contribution in [0.15, 0.2) is 54.6 Å². The van der Waals surface area contributed by atoms with Gasteiger partial charge in [-0.2, -0.15) is 0 Å². The van der Waals surface area contributed by atoms with Crippen LogP contribution in [-0.2, 0) is 6.42 Å². The maximum absolute atomic E-state index is 5.67. The van der Waals surface area contributed by atoms with Gasteiger partial charge in [-0.05, 0) is 30.7 Å². The molecule has 1 heterocycles. The van der Waals surface area contributed by atoms with E-state index in [1.807, 2.05) is 18.2 Å². The average molecular weight is 377 g/mol. The molecule has 2 atom stereocenters. The maximum Gasteiger partial charge on any atom is 0.137 e. The summed E-state index contributed by atoms with van der Waals surface area (Å²) in [5, 5.41) is 4.69. The summed E-state index contributed by atoms with van der Waals surface area (Å²) in [6.45, 7) is 0.563. The first-order valence-corrected chi connectivity index (χ1v) is 8.12. The highest BCUT2D eigenvalue weighted by atomic mass is 35.5. The summed E-state index contributed by atoms with van der Waals surface area (Å²) in [5.41, 5.74) is 8.04. The number of nitrogens with two attached hydrogens (primary N) is 1. The van der Waals surface area contributed by atoms with E-state index in [0.717, 1.165) is 29.0 Å². The van der Waals surface area contributed by atoms with Crippen molar-refractivity contribution < 1.29 is 0 Å². The van der Waals surface area contributed by atoms with E-state index in [4.69, 9.17) is 10.7 Å². The van der Waals surface area contributed by atoms with Crippen LogP contribution < -0.4 is 11.1 Å². The van der Waals surface area contributed by atoms with Crippen molar-refractivity contribution in [3.8, 4) is 0 Å². The highest BCUT2D eigenvalue weighted by Crippen LogP contribution is 2.43. The number of para-hydroxylation sites is 1. The van der Waals surface area contributed by atoms with Crippen LogP contribution in [0, 0.1) is 0 Å². The van der Waals surface area contributed by atoms with Gasteiger partial charge in [-0.25, -0.2) is 9.97 Å². The zero-order valence-electron chi connectivity index (χ0n) is 13.8. The summed E-state index contributed by atoms with van der Waals surface area (Å²) in [6, 6.07) is 19.2. The number of anilines is 1. The summed E-state index contributed by atoms with van der Waals surface area (Å²) in [5.74, 6) is 2.32. The van der Waals surface area contributed by atoms with Gasteiger partial charge in [0.1, 0.15) is 11.6 Å². The molecule has 0 bridgehead atoms. The SMILES string of the molecule is Cl.Cl.NCCc1nc(N[C@@H]2C[C@H]2c2ccccc2)c2ccccc2n1. The van der Waals surface area contributed by atoms with Crippen LogP contribution >= 0.6 is 24.8 Å². The van der Waals surface area contributed by atoms with Crippen molar-refractivity contribution in [3.63, 3.8) is 0 Å². The predicted molar refractivity (Wildman–Crippen MR) is 108 cm³/mol. The maximum atomic E-state index is 5.67. The van der Waals surface area contributed by atoms with E-state index in [2.05, 4.69) is 46.7 Å². The van der Waals surface area contributed by atoms with Gasteiger partial charge >= 0.3 is 0 Å². The number of benzene rings is 2. The van der Waals surface area contributed by atoms with E-state index >= 15 is 0 Å². The predicted octanol–water partition coefficient (Wildman–Crippen LogP) is 3.94. The fraction of sp³-hybridized carbons (Fsp3) is 0.263. The lowest BCUT2D eigenvalue weighted by Gasteiger charge is -2.10. The largest absolute Gasteiger partial charge is 0.366 e. The number of aromatic nitrogens is 2. The number of hydrogen-bond donors (Lipinski definition) is 2. The van der Waals surface area contributed by atoms with E-state index in [1.165, 1.54) is 5.56 Å². The Labute approximate surface area is 160 Å². The van der Waals surface area contributed by atoms with Gasteiger partial charge in [-0.1, -0.05) is 42.5 Å². The normalized spacial score (nSPS) is 18.1. The number of hydrogen-bond acceptors (Lipinski definition) is 4. The molecule has 1 aliphatic rings. The van der Waals surface area contributed by atoms with Gasteiger partial charge in [0.2, 0.25) is 0 Å². The topological polar surface area (TPSA) is 63.8 Å². The van der Waals surface area contributed by atoms with Crippen LogP contribution in [-0.4, -0.2) is 22.6 Å². The number of rotatable bonds is 5. The second-order valence-corrected chi connectivity index (χ2v) is 6.05. The minimum atomic E-state index is 0. The third-order valence-electron chi connectivity index (χ3n) is 4.36. The molecule has 1 aromatic heterocycles. The molecule has 0 unspecified atom stereocenters. The number of nitrogens with zero attached hydrogens (tertiary/aromatic N) is 2. The molecule has 0 aliphatic heterocycles. The van der Waals surface area contributed by atoms with Crippen molar-refractivity contribution >= 4 is 41.5 Å². The number of halogens is 2. The standard InChI is InChI=1S/C19H20N4.2ClH/c20-11-10-18-21-16-9-5-4-8-14(16)19(23-18)22-17-12-15(17)13-6-2-1-3-7-13;;/h1-9,15,17H,10-12,20H2,(H,21,22,23);2*1H/t15-,17+;;/m0../s1. The van der Waals surface area contributed by atoms with Crippen LogP contribution in [0.2, 0.25) is 0 Å². The third kappa shape index (κ3) is 4.21. The first kappa shape index (κ1) is 19.4. The molecule has 0 radical (unpaired) electrons. The zero-order chi connectivity index (χ0) is 15.6. The number of fused-ring (bicyclic) bond motifs is 1. The van der Waals surface area contributed by atoms with E-state index < -0.39 is 0 Å². The van der Waals surface area contributed by atoms with Crippen molar-refractivity contribution in [2.24, 2.45) is 5.73 Å². The molecule has 3 aromatic rings. The lowest BCUT2D eigenvalue weighted by Crippen LogP contribution is -2.11. The van der Waals surface area contributed by atoms with Crippen molar-refractivity contribution in [3.05, 3.63) is 66.0 Å². The molecule has 25 heavy (non-hydrogen) atoms. The second kappa shape index (κ2) is 8.48. The van der Waals surface area contributed by atoms with E-state index in [9.17, 15) is 0 Å². The molecule has 1 fully saturated rings. The van der Waals surface area contributed by atoms with Crippen LogP contribution in [0.1, 0.15) is 23.7 Å². The van der Waals surface area contributed by atoms with Crippen LogP contribution in [0.3, 0.4) is 0 Å². The van der Waals surface area contributed by atoms with Gasteiger partial charge in [-0.3, -0.25) is 0 Å². The first-order valence-electron chi connectivity index (χ1n) is 8.12. The minimum absolute atomic E-state index is 0. The Kier molecular flexibility index (Phi) is 6.59. The smallest absolute Gasteiger partial charge is 0.137 e. The summed E-state index contributed by atoms with van der Waals surface area (Å²) in [4.78, 5) is 9.30. The molecule has 4 nitrogen and oxygen atoms in total. The van der Waals surface area contributed by atoms with E-state index in [1.54, 1.807) is 0 Å². The number of nitrogens with one attached hydrogen (secondary N) is 1. The summed E-state index contributed by atoms with van der Waals surface area (Å²) >= 11 is 0. The van der Waals surface area contributed by atoms with Crippen molar-refractivity contribution in [2.75, 3.05) is 11.9 Å². The van der Waals surface area contributed by atoms with Gasteiger partial charge in [0.15, 0.2) is 0 Å². The molecular weight excluding hydrogens is 355 g/mol. The highest BCUT2D eigenvalue weighted by molar-refractivity contribution is 5.89. The van der Waals surface area contributed by atoms with E-state index in [-0.39, 0.29) is 24.8 Å². The van der Waals surface area contributed by atoms with Crippen molar-refractivity contribution in [1.29, 1.82) is 0 Å². The molecular formula is C19H22Cl2N4. The Morgan fingerprint density at radius 3 is 2.44 bits per heavy atom. The molecule has 132 valence electrons. The molecule has 1 saturated carbocycles. The molecule has 3 N–H and O–H groups in total. The Balaban J connectivity index is 0.00000113. The van der Waals surface area contributed by atoms with Gasteiger partial charge in [0, 0.05) is 23.8 Å². The van der Waals surface area contributed by atoms with Crippen LogP contribution in [0.25, 0.3) is 10.9 Å². The van der Waals surface area contributed by atoms with Crippen LogP contribution in [0.4, 0.5) is 5.82 Å². The third-order valence-corrected chi connectivity index (χ3v) is 4.36. The zero-order valence-corrected chi connectivity index (χ0v) is 15.4.